The van der Waals surface area contributed by atoms with Crippen LogP contribution in [0.4, 0.5) is 11.4 Å². The Morgan fingerprint density at radius 1 is 0.800 bits per heavy atom. The summed E-state index contributed by atoms with van der Waals surface area (Å²) in [5, 5.41) is 9.47. The first-order valence-electron chi connectivity index (χ1n) is 8.87. The van der Waals surface area contributed by atoms with Crippen molar-refractivity contribution in [3.05, 3.63) is 93.5 Å². The zero-order chi connectivity index (χ0) is 21.7. The van der Waals surface area contributed by atoms with Gasteiger partial charge in [-0.15, -0.1) is 0 Å². The van der Waals surface area contributed by atoms with Crippen molar-refractivity contribution in [1.29, 1.82) is 0 Å². The topological polar surface area (TPSA) is 70.2 Å². The normalized spacial score (nSPS) is 10.2. The highest BCUT2D eigenvalue weighted by Crippen LogP contribution is 2.18. The number of carbonyl (C=O) groups is 2. The van der Waals surface area contributed by atoms with Crippen molar-refractivity contribution in [2.45, 2.75) is 6.92 Å². The maximum absolute atomic E-state index is 12.3. The first-order valence-corrected chi connectivity index (χ1v) is 10.0. The minimum absolute atomic E-state index is 0.146. The third-order valence-electron chi connectivity index (χ3n) is 4.15. The van der Waals surface area contributed by atoms with Gasteiger partial charge in [-0.2, -0.15) is 0 Å². The fourth-order valence-corrected chi connectivity index (χ4v) is 3.12. The number of hydrogen-bond donors (Lipinski definition) is 3. The summed E-state index contributed by atoms with van der Waals surface area (Å²) in [6.07, 6.45) is 0. The second kappa shape index (κ2) is 9.71. The largest absolute Gasteiger partial charge is 0.332 e. The Morgan fingerprint density at radius 3 is 2.07 bits per heavy atom. The Balaban J connectivity index is 1.57. The molecule has 3 N–H and O–H groups in total. The van der Waals surface area contributed by atoms with Crippen molar-refractivity contribution in [2.75, 3.05) is 10.6 Å². The highest BCUT2D eigenvalue weighted by Gasteiger charge is 2.10. The molecule has 2 amide bonds. The van der Waals surface area contributed by atoms with E-state index in [1.165, 1.54) is 0 Å². The van der Waals surface area contributed by atoms with Crippen LogP contribution >= 0.6 is 35.4 Å². The average Bonchev–Trinajstić information content (AvgIpc) is 2.71. The van der Waals surface area contributed by atoms with Gasteiger partial charge in [0.1, 0.15) is 0 Å². The number of carbonyl (C=O) groups excluding carboxylic acids is 2. The van der Waals surface area contributed by atoms with Gasteiger partial charge in [0.2, 0.25) is 0 Å². The van der Waals surface area contributed by atoms with Gasteiger partial charge in [0.25, 0.3) is 11.8 Å². The molecule has 0 spiro atoms. The SMILES string of the molecule is Cc1ccc(C(=O)NC(=S)Nc2ccc(NC(=O)c3cccc(Cl)c3)cc2)cc1Cl. The second-order valence-corrected chi connectivity index (χ2v) is 7.67. The molecule has 3 aromatic carbocycles. The van der Waals surface area contributed by atoms with Crippen molar-refractivity contribution in [1.82, 2.24) is 5.32 Å². The summed E-state index contributed by atoms with van der Waals surface area (Å²) in [6, 6.07) is 18.6. The van der Waals surface area contributed by atoms with Gasteiger partial charge in [-0.05, 0) is 79.3 Å². The molecule has 0 radical (unpaired) electrons. The van der Waals surface area contributed by atoms with Crippen LogP contribution in [-0.4, -0.2) is 16.9 Å². The molecule has 0 unspecified atom stereocenters. The number of amides is 2. The van der Waals surface area contributed by atoms with E-state index in [9.17, 15) is 9.59 Å². The Bertz CT molecular complexity index is 1120. The first-order chi connectivity index (χ1) is 14.3. The standard InChI is InChI=1S/C22H17Cl2N3O2S/c1-13-5-6-15(12-19(13)24)21(29)27-22(30)26-18-9-7-17(8-10-18)25-20(28)14-3-2-4-16(23)11-14/h2-12H,1H3,(H,25,28)(H2,26,27,29,30). The number of anilines is 2. The highest BCUT2D eigenvalue weighted by atomic mass is 35.5. The number of aryl methyl sites for hydroxylation is 1. The van der Waals surface area contributed by atoms with E-state index in [-0.39, 0.29) is 16.9 Å². The van der Waals surface area contributed by atoms with Gasteiger partial charge in [-0.1, -0.05) is 35.3 Å². The molecular formula is C22H17Cl2N3O2S. The summed E-state index contributed by atoms with van der Waals surface area (Å²) in [7, 11) is 0. The van der Waals surface area contributed by atoms with Gasteiger partial charge in [0.15, 0.2) is 5.11 Å². The average molecular weight is 458 g/mol. The number of halogens is 2. The second-order valence-electron chi connectivity index (χ2n) is 6.41. The Labute approximate surface area is 189 Å². The fourth-order valence-electron chi connectivity index (χ4n) is 2.54. The van der Waals surface area contributed by atoms with Crippen molar-refractivity contribution in [2.24, 2.45) is 0 Å². The molecule has 3 rings (SSSR count). The lowest BCUT2D eigenvalue weighted by Gasteiger charge is -2.11. The van der Waals surface area contributed by atoms with E-state index in [0.717, 1.165) is 5.56 Å². The van der Waals surface area contributed by atoms with E-state index < -0.39 is 0 Å². The fraction of sp³-hybridized carbons (Fsp3) is 0.0455. The maximum atomic E-state index is 12.3. The number of thiocarbonyl (C=S) groups is 1. The van der Waals surface area contributed by atoms with E-state index in [1.807, 2.05) is 6.92 Å². The lowest BCUT2D eigenvalue weighted by Crippen LogP contribution is -2.34. The number of nitrogens with one attached hydrogen (secondary N) is 3. The molecule has 0 bridgehead atoms. The Kier molecular flexibility index (Phi) is 7.05. The summed E-state index contributed by atoms with van der Waals surface area (Å²) in [5.41, 5.74) is 3.02. The molecule has 8 heteroatoms. The van der Waals surface area contributed by atoms with E-state index in [1.54, 1.807) is 66.7 Å². The van der Waals surface area contributed by atoms with Crippen LogP contribution in [0.1, 0.15) is 26.3 Å². The van der Waals surface area contributed by atoms with Gasteiger partial charge in [-0.3, -0.25) is 14.9 Å². The lowest BCUT2D eigenvalue weighted by molar-refractivity contribution is 0.0976. The van der Waals surface area contributed by atoms with Crippen molar-refractivity contribution >= 4 is 63.7 Å². The summed E-state index contributed by atoms with van der Waals surface area (Å²) >= 11 is 17.2. The summed E-state index contributed by atoms with van der Waals surface area (Å²) in [5.74, 6) is -0.627. The molecule has 5 nitrogen and oxygen atoms in total. The maximum Gasteiger partial charge on any atom is 0.257 e. The molecule has 30 heavy (non-hydrogen) atoms. The van der Waals surface area contributed by atoms with Crippen molar-refractivity contribution in [3.8, 4) is 0 Å². The van der Waals surface area contributed by atoms with Crippen molar-refractivity contribution < 1.29 is 9.59 Å². The molecule has 0 aliphatic heterocycles. The van der Waals surface area contributed by atoms with Gasteiger partial charge in [-0.25, -0.2) is 0 Å². The van der Waals surface area contributed by atoms with Crippen LogP contribution in [0.25, 0.3) is 0 Å². The quantitative estimate of drug-likeness (QED) is 0.440. The van der Waals surface area contributed by atoms with Crippen LogP contribution in [0.15, 0.2) is 66.7 Å². The zero-order valence-electron chi connectivity index (χ0n) is 15.8. The molecule has 0 saturated heterocycles. The molecule has 0 atom stereocenters. The van der Waals surface area contributed by atoms with Crippen LogP contribution in [0, 0.1) is 6.92 Å². The molecule has 0 heterocycles. The van der Waals surface area contributed by atoms with Crippen LogP contribution in [0.5, 0.6) is 0 Å². The number of hydrogen-bond acceptors (Lipinski definition) is 3. The third kappa shape index (κ3) is 5.79. The summed E-state index contributed by atoms with van der Waals surface area (Å²) in [4.78, 5) is 24.6. The zero-order valence-corrected chi connectivity index (χ0v) is 18.2. The van der Waals surface area contributed by atoms with E-state index >= 15 is 0 Å². The van der Waals surface area contributed by atoms with E-state index in [2.05, 4.69) is 16.0 Å². The monoisotopic (exact) mass is 457 g/mol. The van der Waals surface area contributed by atoms with Gasteiger partial charge in [0.05, 0.1) is 0 Å². The molecule has 0 aromatic heterocycles. The predicted octanol–water partition coefficient (Wildman–Crippen LogP) is 5.68. The van der Waals surface area contributed by atoms with Gasteiger partial charge in [0, 0.05) is 32.5 Å². The third-order valence-corrected chi connectivity index (χ3v) is 4.99. The van der Waals surface area contributed by atoms with E-state index in [4.69, 9.17) is 35.4 Å². The smallest absolute Gasteiger partial charge is 0.257 e. The lowest BCUT2D eigenvalue weighted by atomic mass is 10.1. The van der Waals surface area contributed by atoms with Crippen LogP contribution < -0.4 is 16.0 Å². The van der Waals surface area contributed by atoms with E-state index in [0.29, 0.717) is 32.5 Å². The van der Waals surface area contributed by atoms with Gasteiger partial charge < -0.3 is 10.6 Å². The molecule has 0 fully saturated rings. The van der Waals surface area contributed by atoms with Crippen LogP contribution in [0.3, 0.4) is 0 Å². The molecule has 0 aliphatic carbocycles. The minimum Gasteiger partial charge on any atom is -0.332 e. The molecule has 152 valence electrons. The molecular weight excluding hydrogens is 441 g/mol. The molecule has 0 saturated carbocycles. The number of benzene rings is 3. The van der Waals surface area contributed by atoms with Crippen molar-refractivity contribution in [3.63, 3.8) is 0 Å². The number of rotatable bonds is 4. The highest BCUT2D eigenvalue weighted by molar-refractivity contribution is 7.80. The Morgan fingerprint density at radius 2 is 1.43 bits per heavy atom. The molecule has 0 aliphatic rings. The van der Waals surface area contributed by atoms with Gasteiger partial charge >= 0.3 is 0 Å². The molecule has 3 aromatic rings. The first kappa shape index (κ1) is 21.8. The summed E-state index contributed by atoms with van der Waals surface area (Å²) < 4.78 is 0. The summed E-state index contributed by atoms with van der Waals surface area (Å²) in [6.45, 7) is 1.86. The predicted molar refractivity (Wildman–Crippen MR) is 126 cm³/mol. The minimum atomic E-state index is -0.361. The Hall–Kier alpha value is -2.93. The van der Waals surface area contributed by atoms with Crippen LogP contribution in [0.2, 0.25) is 10.0 Å². The van der Waals surface area contributed by atoms with Crippen LogP contribution in [-0.2, 0) is 0 Å².